The molecule has 2 heterocycles. The zero-order valence-corrected chi connectivity index (χ0v) is 12.1. The number of benzene rings is 1. The highest BCUT2D eigenvalue weighted by atomic mass is 32.1. The average molecular weight is 303 g/mol. The highest BCUT2D eigenvalue weighted by Crippen LogP contribution is 2.29. The Hall–Kier alpha value is -2.25. The van der Waals surface area contributed by atoms with Crippen LogP contribution in [0.15, 0.2) is 35.7 Å². The van der Waals surface area contributed by atoms with Crippen LogP contribution in [0.1, 0.15) is 18.5 Å². The predicted octanol–water partition coefficient (Wildman–Crippen LogP) is 3.29. The van der Waals surface area contributed by atoms with Crippen LogP contribution in [0.4, 0.5) is 16.2 Å². The summed E-state index contributed by atoms with van der Waals surface area (Å²) in [7, 11) is 0. The molecule has 1 atom stereocenters. The van der Waals surface area contributed by atoms with Crippen LogP contribution in [0.3, 0.4) is 0 Å². The summed E-state index contributed by atoms with van der Waals surface area (Å²) in [6, 6.07) is 8.34. The Morgan fingerprint density at radius 3 is 2.90 bits per heavy atom. The van der Waals surface area contributed by atoms with Crippen LogP contribution < -0.4 is 16.6 Å². The van der Waals surface area contributed by atoms with E-state index in [4.69, 9.17) is 5.84 Å². The molecule has 1 aromatic carbocycles. The third-order valence-corrected chi connectivity index (χ3v) is 3.96. The van der Waals surface area contributed by atoms with E-state index in [2.05, 4.69) is 20.7 Å². The van der Waals surface area contributed by atoms with E-state index in [-0.39, 0.29) is 11.9 Å². The summed E-state index contributed by atoms with van der Waals surface area (Å²) in [5.74, 6) is 6.16. The molecule has 0 radical (unpaired) electrons. The van der Waals surface area contributed by atoms with Gasteiger partial charge in [-0.2, -0.15) is 4.98 Å². The molecule has 7 heteroatoms. The first-order valence-corrected chi connectivity index (χ1v) is 7.29. The summed E-state index contributed by atoms with van der Waals surface area (Å²) in [4.78, 5) is 9.45. The normalized spacial score (nSPS) is 12.3. The fraction of sp³-hybridized carbons (Fsp3) is 0.143. The molecule has 0 amide bonds. The van der Waals surface area contributed by atoms with Crippen molar-refractivity contribution in [1.29, 1.82) is 0 Å². The van der Waals surface area contributed by atoms with Crippen molar-refractivity contribution in [2.24, 2.45) is 5.84 Å². The Morgan fingerprint density at radius 1 is 1.29 bits per heavy atom. The molecule has 1 unspecified atom stereocenters. The smallest absolute Gasteiger partial charge is 0.240 e. The second-order valence-corrected chi connectivity index (χ2v) is 5.50. The van der Waals surface area contributed by atoms with Gasteiger partial charge in [0.05, 0.1) is 11.4 Å². The van der Waals surface area contributed by atoms with E-state index in [0.29, 0.717) is 11.8 Å². The van der Waals surface area contributed by atoms with E-state index < -0.39 is 0 Å². The molecular formula is C14H14FN5S. The zero-order chi connectivity index (χ0) is 14.8. The summed E-state index contributed by atoms with van der Waals surface area (Å²) in [6.45, 7) is 1.95. The van der Waals surface area contributed by atoms with Crippen molar-refractivity contribution in [1.82, 2.24) is 9.97 Å². The number of thiophene rings is 1. The standard InChI is InChI=1S/C14H14FN5S/c1-8(9-3-2-4-10(15)7-9)17-12-11-5-6-21-13(11)19-14(18-12)20-16/h2-8H,16H2,1H3,(H2,17,18,19,20). The molecule has 0 bridgehead atoms. The Labute approximate surface area is 125 Å². The van der Waals surface area contributed by atoms with E-state index in [9.17, 15) is 4.39 Å². The second-order valence-electron chi connectivity index (χ2n) is 4.60. The largest absolute Gasteiger partial charge is 0.363 e. The lowest BCUT2D eigenvalue weighted by molar-refractivity contribution is 0.623. The van der Waals surface area contributed by atoms with Crippen LogP contribution in [0.5, 0.6) is 0 Å². The third-order valence-electron chi connectivity index (χ3n) is 3.16. The topological polar surface area (TPSA) is 75.9 Å². The van der Waals surface area contributed by atoms with Gasteiger partial charge in [0.2, 0.25) is 5.95 Å². The van der Waals surface area contributed by atoms with E-state index in [1.54, 1.807) is 6.07 Å². The first-order chi connectivity index (χ1) is 10.2. The molecule has 0 fully saturated rings. The number of fused-ring (bicyclic) bond motifs is 1. The molecule has 3 aromatic rings. The molecule has 0 saturated carbocycles. The predicted molar refractivity (Wildman–Crippen MR) is 83.7 cm³/mol. The molecule has 108 valence electrons. The quantitative estimate of drug-likeness (QED) is 0.509. The maximum Gasteiger partial charge on any atom is 0.240 e. The Kier molecular flexibility index (Phi) is 3.68. The van der Waals surface area contributed by atoms with Gasteiger partial charge in [-0.15, -0.1) is 11.3 Å². The van der Waals surface area contributed by atoms with Gasteiger partial charge in [0.15, 0.2) is 0 Å². The van der Waals surface area contributed by atoms with Gasteiger partial charge < -0.3 is 5.32 Å². The number of nitrogens with zero attached hydrogens (tertiary/aromatic N) is 2. The number of nitrogen functional groups attached to an aromatic ring is 1. The monoisotopic (exact) mass is 303 g/mol. The number of rotatable bonds is 4. The first-order valence-electron chi connectivity index (χ1n) is 6.41. The molecule has 3 rings (SSSR count). The lowest BCUT2D eigenvalue weighted by Gasteiger charge is -2.16. The molecule has 2 aromatic heterocycles. The van der Waals surface area contributed by atoms with Crippen molar-refractivity contribution < 1.29 is 4.39 Å². The molecule has 0 aliphatic carbocycles. The Balaban J connectivity index is 1.95. The minimum Gasteiger partial charge on any atom is -0.363 e. The molecule has 0 spiro atoms. The molecule has 0 aliphatic heterocycles. The first kappa shape index (κ1) is 13.7. The van der Waals surface area contributed by atoms with Gasteiger partial charge in [-0.25, -0.2) is 15.2 Å². The van der Waals surface area contributed by atoms with Crippen molar-refractivity contribution in [2.75, 3.05) is 10.7 Å². The van der Waals surface area contributed by atoms with Gasteiger partial charge in [-0.1, -0.05) is 12.1 Å². The van der Waals surface area contributed by atoms with Crippen molar-refractivity contribution in [3.05, 3.63) is 47.1 Å². The molecule has 0 aliphatic rings. The van der Waals surface area contributed by atoms with Crippen molar-refractivity contribution in [3.8, 4) is 0 Å². The lowest BCUT2D eigenvalue weighted by atomic mass is 10.1. The second kappa shape index (κ2) is 5.63. The van der Waals surface area contributed by atoms with E-state index in [1.165, 1.54) is 23.5 Å². The van der Waals surface area contributed by atoms with Gasteiger partial charge in [0, 0.05) is 0 Å². The zero-order valence-electron chi connectivity index (χ0n) is 11.3. The summed E-state index contributed by atoms with van der Waals surface area (Å²) in [6.07, 6.45) is 0. The third kappa shape index (κ3) is 2.79. The molecule has 21 heavy (non-hydrogen) atoms. The number of nitrogens with two attached hydrogens (primary N) is 1. The SMILES string of the molecule is CC(Nc1nc(NN)nc2sccc12)c1cccc(F)c1. The van der Waals surface area contributed by atoms with E-state index >= 15 is 0 Å². The van der Waals surface area contributed by atoms with Gasteiger partial charge in [0.25, 0.3) is 0 Å². The fourth-order valence-electron chi connectivity index (χ4n) is 2.09. The summed E-state index contributed by atoms with van der Waals surface area (Å²) >= 11 is 1.51. The minimum atomic E-state index is -0.256. The summed E-state index contributed by atoms with van der Waals surface area (Å²) in [5.41, 5.74) is 3.30. The number of halogens is 1. The fourth-order valence-corrected chi connectivity index (χ4v) is 2.86. The van der Waals surface area contributed by atoms with Gasteiger partial charge in [0.1, 0.15) is 16.5 Å². The van der Waals surface area contributed by atoms with Crippen molar-refractivity contribution >= 4 is 33.3 Å². The molecular weight excluding hydrogens is 289 g/mol. The van der Waals surface area contributed by atoms with E-state index in [1.807, 2.05) is 24.4 Å². The summed E-state index contributed by atoms with van der Waals surface area (Å²) < 4.78 is 13.3. The maximum absolute atomic E-state index is 13.3. The highest BCUT2D eigenvalue weighted by Gasteiger charge is 2.12. The Bertz CT molecular complexity index is 773. The molecule has 0 saturated heterocycles. The maximum atomic E-state index is 13.3. The summed E-state index contributed by atoms with van der Waals surface area (Å²) in [5, 5.41) is 6.14. The van der Waals surface area contributed by atoms with Crippen LogP contribution in [0.2, 0.25) is 0 Å². The molecule has 5 nitrogen and oxygen atoms in total. The van der Waals surface area contributed by atoms with Gasteiger partial charge in [-0.3, -0.25) is 5.43 Å². The average Bonchev–Trinajstić information content (AvgIpc) is 2.95. The number of aromatic nitrogens is 2. The number of anilines is 2. The number of nitrogens with one attached hydrogen (secondary N) is 2. The number of hydrogen-bond acceptors (Lipinski definition) is 6. The molecule has 4 N–H and O–H groups in total. The van der Waals surface area contributed by atoms with Crippen molar-refractivity contribution in [3.63, 3.8) is 0 Å². The van der Waals surface area contributed by atoms with Crippen molar-refractivity contribution in [2.45, 2.75) is 13.0 Å². The minimum absolute atomic E-state index is 0.0932. The Morgan fingerprint density at radius 2 is 2.14 bits per heavy atom. The van der Waals surface area contributed by atoms with Gasteiger partial charge >= 0.3 is 0 Å². The van der Waals surface area contributed by atoms with Gasteiger partial charge in [-0.05, 0) is 36.1 Å². The lowest BCUT2D eigenvalue weighted by Crippen LogP contribution is -2.13. The van der Waals surface area contributed by atoms with E-state index in [0.717, 1.165) is 15.8 Å². The van der Waals surface area contributed by atoms with Crippen LogP contribution >= 0.6 is 11.3 Å². The number of hydrogen-bond donors (Lipinski definition) is 3. The van der Waals surface area contributed by atoms with Crippen LogP contribution in [-0.2, 0) is 0 Å². The highest BCUT2D eigenvalue weighted by molar-refractivity contribution is 7.16. The number of hydrazine groups is 1. The van der Waals surface area contributed by atoms with Crippen LogP contribution in [0.25, 0.3) is 10.2 Å². The van der Waals surface area contributed by atoms with Crippen LogP contribution in [0, 0.1) is 5.82 Å². The van der Waals surface area contributed by atoms with Crippen LogP contribution in [-0.4, -0.2) is 9.97 Å².